The average Bonchev–Trinajstić information content (AvgIpc) is 2.40. The highest BCUT2D eigenvalue weighted by molar-refractivity contribution is 5.86. The van der Waals surface area contributed by atoms with Gasteiger partial charge in [0.05, 0.1) is 12.4 Å². The Hall–Kier alpha value is -2.18. The average molecular weight is 266 g/mol. The standard InChI is InChI=1S/C12H18N4O3/c1-4-16(5-2)11(17)8(3)14-10-7-13-6-9(15-10)12(18)19/h6-8H,4-5H2,1-3H3,(H,14,15)(H,18,19). The second kappa shape index (κ2) is 6.67. The van der Waals surface area contributed by atoms with Crippen molar-refractivity contribution in [3.63, 3.8) is 0 Å². The van der Waals surface area contributed by atoms with Crippen LogP contribution in [0.5, 0.6) is 0 Å². The SMILES string of the molecule is CCN(CC)C(=O)C(C)Nc1cncc(C(=O)O)n1. The zero-order chi connectivity index (χ0) is 14.4. The molecule has 0 aliphatic heterocycles. The maximum absolute atomic E-state index is 12.0. The molecule has 104 valence electrons. The maximum atomic E-state index is 12.0. The number of rotatable bonds is 6. The summed E-state index contributed by atoms with van der Waals surface area (Å²) in [5.41, 5.74) is -0.160. The summed E-state index contributed by atoms with van der Waals surface area (Å²) in [6.45, 7) is 6.76. The monoisotopic (exact) mass is 266 g/mol. The summed E-state index contributed by atoms with van der Waals surface area (Å²) in [6, 6.07) is -0.488. The molecular formula is C12H18N4O3. The van der Waals surface area contributed by atoms with Gasteiger partial charge in [0.1, 0.15) is 11.9 Å². The molecule has 7 nitrogen and oxygen atoms in total. The topological polar surface area (TPSA) is 95.4 Å². The van der Waals surface area contributed by atoms with Crippen molar-refractivity contribution in [1.82, 2.24) is 14.9 Å². The molecule has 1 amide bonds. The Labute approximate surface area is 111 Å². The molecule has 1 rings (SSSR count). The van der Waals surface area contributed by atoms with Crippen LogP contribution in [0.3, 0.4) is 0 Å². The van der Waals surface area contributed by atoms with E-state index in [2.05, 4.69) is 15.3 Å². The Kier molecular flexibility index (Phi) is 5.23. The van der Waals surface area contributed by atoms with Crippen LogP contribution in [0.15, 0.2) is 12.4 Å². The molecule has 7 heteroatoms. The summed E-state index contributed by atoms with van der Waals surface area (Å²) < 4.78 is 0. The number of carbonyl (C=O) groups excluding carboxylic acids is 1. The summed E-state index contributed by atoms with van der Waals surface area (Å²) in [7, 11) is 0. The molecule has 1 aromatic heterocycles. The van der Waals surface area contributed by atoms with Crippen molar-refractivity contribution >= 4 is 17.7 Å². The van der Waals surface area contributed by atoms with Crippen LogP contribution in [0.4, 0.5) is 5.82 Å². The van der Waals surface area contributed by atoms with Crippen LogP contribution in [0.2, 0.25) is 0 Å². The molecule has 0 radical (unpaired) electrons. The zero-order valence-electron chi connectivity index (χ0n) is 11.3. The van der Waals surface area contributed by atoms with Crippen LogP contribution in [0.1, 0.15) is 31.3 Å². The fourth-order valence-electron chi connectivity index (χ4n) is 1.63. The molecule has 2 N–H and O–H groups in total. The highest BCUT2D eigenvalue weighted by atomic mass is 16.4. The van der Waals surface area contributed by atoms with Gasteiger partial charge in [0, 0.05) is 13.1 Å². The molecule has 0 saturated carbocycles. The van der Waals surface area contributed by atoms with E-state index >= 15 is 0 Å². The van der Waals surface area contributed by atoms with Gasteiger partial charge in [-0.3, -0.25) is 9.78 Å². The number of hydrogen-bond donors (Lipinski definition) is 2. The Morgan fingerprint density at radius 3 is 2.53 bits per heavy atom. The highest BCUT2D eigenvalue weighted by Gasteiger charge is 2.18. The van der Waals surface area contributed by atoms with Crippen molar-refractivity contribution in [1.29, 1.82) is 0 Å². The van der Waals surface area contributed by atoms with E-state index < -0.39 is 12.0 Å². The number of likely N-dealkylation sites (N-methyl/N-ethyl adjacent to an activating group) is 1. The number of aromatic nitrogens is 2. The second-order valence-corrected chi connectivity index (χ2v) is 3.97. The number of aromatic carboxylic acids is 1. The van der Waals surface area contributed by atoms with Gasteiger partial charge in [-0.15, -0.1) is 0 Å². The first kappa shape index (κ1) is 14.9. The Balaban J connectivity index is 2.76. The van der Waals surface area contributed by atoms with Crippen molar-refractivity contribution in [3.8, 4) is 0 Å². The first-order valence-electron chi connectivity index (χ1n) is 6.10. The van der Waals surface area contributed by atoms with E-state index in [4.69, 9.17) is 5.11 Å². The summed E-state index contributed by atoms with van der Waals surface area (Å²) >= 11 is 0. The van der Waals surface area contributed by atoms with E-state index in [9.17, 15) is 9.59 Å². The van der Waals surface area contributed by atoms with E-state index in [1.165, 1.54) is 6.20 Å². The van der Waals surface area contributed by atoms with Gasteiger partial charge in [-0.05, 0) is 20.8 Å². The Bertz CT molecular complexity index is 460. The molecule has 0 fully saturated rings. The predicted molar refractivity (Wildman–Crippen MR) is 70.0 cm³/mol. The van der Waals surface area contributed by atoms with Gasteiger partial charge in [-0.25, -0.2) is 9.78 Å². The number of nitrogens with one attached hydrogen (secondary N) is 1. The Morgan fingerprint density at radius 2 is 2.00 bits per heavy atom. The first-order valence-corrected chi connectivity index (χ1v) is 6.10. The summed E-state index contributed by atoms with van der Waals surface area (Å²) in [6.07, 6.45) is 2.54. The third-order valence-corrected chi connectivity index (χ3v) is 2.66. The van der Waals surface area contributed by atoms with E-state index in [1.54, 1.807) is 11.8 Å². The lowest BCUT2D eigenvalue weighted by Gasteiger charge is -2.23. The minimum Gasteiger partial charge on any atom is -0.476 e. The molecule has 1 unspecified atom stereocenters. The van der Waals surface area contributed by atoms with Gasteiger partial charge in [0.25, 0.3) is 0 Å². The van der Waals surface area contributed by atoms with Crippen LogP contribution < -0.4 is 5.32 Å². The van der Waals surface area contributed by atoms with Crippen molar-refractivity contribution in [2.45, 2.75) is 26.8 Å². The lowest BCUT2D eigenvalue weighted by molar-refractivity contribution is -0.131. The number of carboxylic acid groups (broad SMARTS) is 1. The van der Waals surface area contributed by atoms with Crippen molar-refractivity contribution in [2.75, 3.05) is 18.4 Å². The summed E-state index contributed by atoms with van der Waals surface area (Å²) in [5, 5.41) is 11.7. The van der Waals surface area contributed by atoms with E-state index in [0.29, 0.717) is 13.1 Å². The minimum absolute atomic E-state index is 0.0625. The van der Waals surface area contributed by atoms with Crippen molar-refractivity contribution in [3.05, 3.63) is 18.1 Å². The van der Waals surface area contributed by atoms with Crippen molar-refractivity contribution in [2.24, 2.45) is 0 Å². The molecule has 0 aliphatic carbocycles. The molecule has 1 heterocycles. The third kappa shape index (κ3) is 3.90. The molecule has 19 heavy (non-hydrogen) atoms. The number of carbonyl (C=O) groups is 2. The van der Waals surface area contributed by atoms with E-state index in [0.717, 1.165) is 6.20 Å². The van der Waals surface area contributed by atoms with E-state index in [-0.39, 0.29) is 17.4 Å². The highest BCUT2D eigenvalue weighted by Crippen LogP contribution is 2.06. The Morgan fingerprint density at radius 1 is 1.37 bits per heavy atom. The fraction of sp³-hybridized carbons (Fsp3) is 0.500. The first-order chi connectivity index (χ1) is 8.99. The second-order valence-electron chi connectivity index (χ2n) is 3.97. The van der Waals surface area contributed by atoms with Gasteiger partial charge in [0.15, 0.2) is 5.69 Å². The van der Waals surface area contributed by atoms with Crippen LogP contribution in [-0.2, 0) is 4.79 Å². The minimum atomic E-state index is -1.15. The van der Waals surface area contributed by atoms with E-state index in [1.807, 2.05) is 13.8 Å². The fourth-order valence-corrected chi connectivity index (χ4v) is 1.63. The molecule has 0 spiro atoms. The molecular weight excluding hydrogens is 248 g/mol. The lowest BCUT2D eigenvalue weighted by atomic mass is 10.3. The summed E-state index contributed by atoms with van der Waals surface area (Å²) in [4.78, 5) is 32.1. The largest absolute Gasteiger partial charge is 0.476 e. The molecule has 0 bridgehead atoms. The number of hydrogen-bond acceptors (Lipinski definition) is 5. The van der Waals surface area contributed by atoms with Crippen LogP contribution in [0.25, 0.3) is 0 Å². The van der Waals surface area contributed by atoms with Gasteiger partial charge >= 0.3 is 5.97 Å². The number of amides is 1. The van der Waals surface area contributed by atoms with Crippen LogP contribution >= 0.6 is 0 Å². The predicted octanol–water partition coefficient (Wildman–Crippen LogP) is 0.844. The number of carboxylic acids is 1. The molecule has 1 atom stereocenters. The molecule has 0 aromatic carbocycles. The van der Waals surface area contributed by atoms with Gasteiger partial charge < -0.3 is 15.3 Å². The van der Waals surface area contributed by atoms with Gasteiger partial charge in [0.2, 0.25) is 5.91 Å². The normalized spacial score (nSPS) is 11.7. The van der Waals surface area contributed by atoms with Gasteiger partial charge in [-0.1, -0.05) is 0 Å². The number of nitrogens with zero attached hydrogens (tertiary/aromatic N) is 3. The number of anilines is 1. The molecule has 0 aliphatic rings. The zero-order valence-corrected chi connectivity index (χ0v) is 11.3. The summed E-state index contributed by atoms with van der Waals surface area (Å²) in [5.74, 6) is -0.945. The van der Waals surface area contributed by atoms with Crippen LogP contribution in [0, 0.1) is 0 Å². The van der Waals surface area contributed by atoms with Crippen molar-refractivity contribution < 1.29 is 14.7 Å². The van der Waals surface area contributed by atoms with Crippen LogP contribution in [-0.4, -0.2) is 51.0 Å². The molecule has 0 saturated heterocycles. The maximum Gasteiger partial charge on any atom is 0.356 e. The third-order valence-electron chi connectivity index (χ3n) is 2.66. The van der Waals surface area contributed by atoms with Gasteiger partial charge in [-0.2, -0.15) is 0 Å². The quantitative estimate of drug-likeness (QED) is 0.792. The molecule has 1 aromatic rings. The lowest BCUT2D eigenvalue weighted by Crippen LogP contribution is -2.41. The smallest absolute Gasteiger partial charge is 0.356 e.